The first-order chi connectivity index (χ1) is 18.4. The van der Waals surface area contributed by atoms with Gasteiger partial charge in [-0.1, -0.05) is 74.0 Å². The predicted octanol–water partition coefficient (Wildman–Crippen LogP) is 7.37. The normalized spacial score (nSPS) is 46.1. The van der Waals surface area contributed by atoms with Crippen molar-refractivity contribution in [2.45, 2.75) is 139 Å². The van der Waals surface area contributed by atoms with Gasteiger partial charge in [-0.3, -0.25) is 4.79 Å². The van der Waals surface area contributed by atoms with Gasteiger partial charge in [-0.15, -0.1) is 0 Å². The highest BCUT2D eigenvalue weighted by molar-refractivity contribution is 5.88. The molecule has 0 aromatic rings. The van der Waals surface area contributed by atoms with E-state index in [1.165, 1.54) is 12.0 Å². The van der Waals surface area contributed by atoms with Crippen molar-refractivity contribution in [3.63, 3.8) is 0 Å². The van der Waals surface area contributed by atoms with E-state index in [1.807, 2.05) is 13.8 Å². The average Bonchev–Trinajstić information content (AvgIpc) is 2.84. The molecule has 226 valence electrons. The summed E-state index contributed by atoms with van der Waals surface area (Å²) in [5.74, 6) is 0.118. The van der Waals surface area contributed by atoms with Gasteiger partial charge in [-0.2, -0.15) is 0 Å². The molecular formula is C35H57NO4. The molecule has 5 aliphatic rings. The van der Waals surface area contributed by atoms with E-state index in [-0.39, 0.29) is 50.9 Å². The molecule has 0 aromatic carbocycles. The van der Waals surface area contributed by atoms with Crippen molar-refractivity contribution >= 4 is 11.9 Å². The van der Waals surface area contributed by atoms with Gasteiger partial charge in [0, 0.05) is 0 Å². The van der Waals surface area contributed by atoms with Crippen LogP contribution in [0.15, 0.2) is 11.6 Å². The number of carbonyl (C=O) groups excluding carboxylic acids is 1. The Bertz CT molecular complexity index is 1090. The number of carbonyl (C=O) groups is 2. The van der Waals surface area contributed by atoms with Crippen LogP contribution < -0.4 is 5.32 Å². The third-order valence-electron chi connectivity index (χ3n) is 14.3. The predicted molar refractivity (Wildman–Crippen MR) is 159 cm³/mol. The molecule has 0 spiro atoms. The average molecular weight is 556 g/mol. The van der Waals surface area contributed by atoms with Gasteiger partial charge >= 0.3 is 5.97 Å². The summed E-state index contributed by atoms with van der Waals surface area (Å²) in [5.41, 5.74) is 1.44. The molecule has 40 heavy (non-hydrogen) atoms. The Morgan fingerprint density at radius 3 is 2.17 bits per heavy atom. The highest BCUT2D eigenvalue weighted by Gasteiger charge is 2.69. The summed E-state index contributed by atoms with van der Waals surface area (Å²) < 4.78 is 0. The zero-order valence-corrected chi connectivity index (χ0v) is 26.8. The maximum absolute atomic E-state index is 14.2. The van der Waals surface area contributed by atoms with Crippen molar-refractivity contribution in [3.05, 3.63) is 11.6 Å². The van der Waals surface area contributed by atoms with Crippen LogP contribution >= 0.6 is 0 Å². The van der Waals surface area contributed by atoms with Crippen molar-refractivity contribution in [2.24, 2.45) is 56.2 Å². The van der Waals surface area contributed by atoms with Gasteiger partial charge in [0.05, 0.1) is 11.5 Å². The standard InChI is InChI=1S/C35H57NO4/c1-21(2)27(28(38)39)36-29(40)35-18-16-30(3,4)20-23(35)22-10-11-25-32(7)14-13-26(37)31(5,6)24(32)12-15-34(25,9)33(22,8)17-19-35/h10,21,23-27,37H,11-20H2,1-9H3,(H,36,40)(H,38,39)/t23?,24?,25?,26?,27?,32-,33+,34+,35-/m0/s1. The highest BCUT2D eigenvalue weighted by atomic mass is 16.4. The minimum atomic E-state index is -0.939. The van der Waals surface area contributed by atoms with Crippen LogP contribution in [0.25, 0.3) is 0 Å². The van der Waals surface area contributed by atoms with E-state index in [2.05, 4.69) is 59.9 Å². The monoisotopic (exact) mass is 555 g/mol. The van der Waals surface area contributed by atoms with Crippen molar-refractivity contribution in [1.29, 1.82) is 0 Å². The molecule has 0 bridgehead atoms. The lowest BCUT2D eigenvalue weighted by Crippen LogP contribution is -2.66. The second kappa shape index (κ2) is 9.32. The number of amides is 1. The van der Waals surface area contributed by atoms with Crippen molar-refractivity contribution < 1.29 is 19.8 Å². The first-order valence-corrected chi connectivity index (χ1v) is 16.3. The number of aliphatic hydroxyl groups excluding tert-OH is 1. The topological polar surface area (TPSA) is 86.6 Å². The lowest BCUT2D eigenvalue weighted by molar-refractivity contribution is -0.203. The summed E-state index contributed by atoms with van der Waals surface area (Å²) in [4.78, 5) is 26.3. The summed E-state index contributed by atoms with van der Waals surface area (Å²) in [5, 5.41) is 23.9. The lowest BCUT2D eigenvalue weighted by Gasteiger charge is -2.71. The van der Waals surface area contributed by atoms with Crippen LogP contribution in [-0.2, 0) is 9.59 Å². The van der Waals surface area contributed by atoms with E-state index in [9.17, 15) is 19.8 Å². The van der Waals surface area contributed by atoms with Crippen LogP contribution in [0.3, 0.4) is 0 Å². The van der Waals surface area contributed by atoms with Crippen LogP contribution in [0.4, 0.5) is 0 Å². The van der Waals surface area contributed by atoms with Crippen molar-refractivity contribution in [2.75, 3.05) is 0 Å². The summed E-state index contributed by atoms with van der Waals surface area (Å²) in [6.45, 7) is 20.7. The maximum atomic E-state index is 14.2. The molecule has 0 saturated heterocycles. The smallest absolute Gasteiger partial charge is 0.326 e. The molecule has 0 heterocycles. The Morgan fingerprint density at radius 1 is 0.900 bits per heavy atom. The summed E-state index contributed by atoms with van der Waals surface area (Å²) in [6.07, 6.45) is 12.4. The number of allylic oxidation sites excluding steroid dienone is 2. The highest BCUT2D eigenvalue weighted by Crippen LogP contribution is 2.75. The largest absolute Gasteiger partial charge is 0.480 e. The molecular weight excluding hydrogens is 498 g/mol. The molecule has 5 unspecified atom stereocenters. The summed E-state index contributed by atoms with van der Waals surface area (Å²) in [6, 6.07) is -0.853. The van der Waals surface area contributed by atoms with Gasteiger partial charge in [-0.25, -0.2) is 4.79 Å². The number of carboxylic acid groups (broad SMARTS) is 1. The Hall–Kier alpha value is -1.36. The molecule has 3 N–H and O–H groups in total. The molecule has 5 heteroatoms. The Labute approximate surface area is 243 Å². The Kier molecular flexibility index (Phi) is 7.01. The fourth-order valence-electron chi connectivity index (χ4n) is 11.4. The van der Waals surface area contributed by atoms with Gasteiger partial charge in [0.1, 0.15) is 6.04 Å². The summed E-state index contributed by atoms with van der Waals surface area (Å²) in [7, 11) is 0. The van der Waals surface area contributed by atoms with E-state index in [0.29, 0.717) is 11.8 Å². The summed E-state index contributed by atoms with van der Waals surface area (Å²) >= 11 is 0. The Balaban J connectivity index is 1.56. The van der Waals surface area contributed by atoms with Gasteiger partial charge in [0.2, 0.25) is 5.91 Å². The second-order valence-electron chi connectivity index (χ2n) is 17.3. The van der Waals surface area contributed by atoms with E-state index in [4.69, 9.17) is 0 Å². The molecule has 4 fully saturated rings. The third kappa shape index (κ3) is 4.02. The molecule has 5 rings (SSSR count). The van der Waals surface area contributed by atoms with E-state index < -0.39 is 17.4 Å². The van der Waals surface area contributed by atoms with Gasteiger partial charge in [0.25, 0.3) is 0 Å². The first-order valence-electron chi connectivity index (χ1n) is 16.3. The number of aliphatic hydroxyl groups is 1. The van der Waals surface area contributed by atoms with E-state index in [0.717, 1.165) is 57.8 Å². The number of nitrogens with one attached hydrogen (secondary N) is 1. The number of carboxylic acids is 1. The third-order valence-corrected chi connectivity index (χ3v) is 14.3. The molecule has 1 amide bonds. The lowest BCUT2D eigenvalue weighted by atomic mass is 9.33. The number of aliphatic carboxylic acids is 1. The Morgan fingerprint density at radius 2 is 1.55 bits per heavy atom. The molecule has 9 atom stereocenters. The van der Waals surface area contributed by atoms with Gasteiger partial charge in [0.15, 0.2) is 0 Å². The van der Waals surface area contributed by atoms with Crippen LogP contribution in [0.1, 0.15) is 127 Å². The fourth-order valence-corrected chi connectivity index (χ4v) is 11.4. The van der Waals surface area contributed by atoms with E-state index in [1.54, 1.807) is 0 Å². The molecule has 5 nitrogen and oxygen atoms in total. The number of fused-ring (bicyclic) bond motifs is 7. The number of hydrogen-bond donors (Lipinski definition) is 3. The van der Waals surface area contributed by atoms with Crippen LogP contribution in [0, 0.1) is 56.2 Å². The van der Waals surface area contributed by atoms with Crippen LogP contribution in [0.2, 0.25) is 0 Å². The van der Waals surface area contributed by atoms with Crippen molar-refractivity contribution in [1.82, 2.24) is 5.32 Å². The molecule has 0 aliphatic heterocycles. The number of hydrogen-bond acceptors (Lipinski definition) is 3. The zero-order chi connectivity index (χ0) is 29.7. The van der Waals surface area contributed by atoms with Crippen molar-refractivity contribution in [3.8, 4) is 0 Å². The second-order valence-corrected chi connectivity index (χ2v) is 17.3. The maximum Gasteiger partial charge on any atom is 0.326 e. The first kappa shape index (κ1) is 30.1. The van der Waals surface area contributed by atoms with Gasteiger partial charge in [-0.05, 0) is 115 Å². The molecule has 0 aromatic heterocycles. The zero-order valence-electron chi connectivity index (χ0n) is 26.8. The van der Waals surface area contributed by atoms with E-state index >= 15 is 0 Å². The van der Waals surface area contributed by atoms with Gasteiger partial charge < -0.3 is 15.5 Å². The molecule has 4 saturated carbocycles. The SMILES string of the molecule is CC(C)C(NC(=O)[C@]12CCC(C)(C)CC1C1=CCC3[C@@]4(C)CCC(O)C(C)(C)C4CC[C@@]3(C)[C@]1(C)CC2)C(=O)O. The molecule has 0 radical (unpaired) electrons. The minimum absolute atomic E-state index is 0.0240. The van der Waals surface area contributed by atoms with Crippen LogP contribution in [0.5, 0.6) is 0 Å². The van der Waals surface area contributed by atoms with Crippen LogP contribution in [-0.4, -0.2) is 34.2 Å². The number of rotatable bonds is 4. The minimum Gasteiger partial charge on any atom is -0.480 e. The quantitative estimate of drug-likeness (QED) is 0.316. The molecule has 5 aliphatic carbocycles. The fraction of sp³-hybridized carbons (Fsp3) is 0.886.